The van der Waals surface area contributed by atoms with Crippen LogP contribution in [0.3, 0.4) is 0 Å². The molecule has 0 unspecified atom stereocenters. The highest BCUT2D eigenvalue weighted by atomic mass is 79.9. The average molecular weight is 380 g/mol. The molecule has 0 aromatic heterocycles. The second-order valence-corrected chi connectivity index (χ2v) is 6.92. The van der Waals surface area contributed by atoms with E-state index >= 15 is 0 Å². The van der Waals surface area contributed by atoms with Crippen molar-refractivity contribution in [3.8, 4) is 11.5 Å². The number of aryl methyl sites for hydroxylation is 2. The number of nitrogens with zero attached hydrogens (tertiary/aromatic N) is 1. The van der Waals surface area contributed by atoms with Crippen LogP contribution in [0.25, 0.3) is 10.8 Å². The monoisotopic (exact) mass is 379 g/mol. The fraction of sp³-hybridized carbons (Fsp3) is 0.150. The number of rotatable bonds is 2. The third-order valence-corrected chi connectivity index (χ3v) is 5.38. The Hall–Kier alpha value is -2.33. The van der Waals surface area contributed by atoms with Crippen molar-refractivity contribution in [2.24, 2.45) is 4.99 Å². The van der Waals surface area contributed by atoms with Crippen LogP contribution in [0.1, 0.15) is 16.7 Å². The minimum atomic E-state index is 0.275. The lowest BCUT2D eigenvalue weighted by Crippen LogP contribution is -1.92. The number of hydrogen-bond acceptors (Lipinski definition) is 3. The highest BCUT2D eigenvalue weighted by Gasteiger charge is 2.17. The normalized spacial score (nSPS) is 14.9. The van der Waals surface area contributed by atoms with Gasteiger partial charge in [-0.05, 0) is 63.5 Å². The van der Waals surface area contributed by atoms with Crippen LogP contribution in [0.2, 0.25) is 0 Å². The summed E-state index contributed by atoms with van der Waals surface area (Å²) in [6, 6.07) is 14.7. The molecule has 0 fully saturated rings. The van der Waals surface area contributed by atoms with Crippen molar-refractivity contribution in [3.63, 3.8) is 0 Å². The van der Waals surface area contributed by atoms with E-state index in [1.807, 2.05) is 18.3 Å². The second kappa shape index (κ2) is 5.35. The van der Waals surface area contributed by atoms with E-state index < -0.39 is 0 Å². The second-order valence-electron chi connectivity index (χ2n) is 6.07. The van der Waals surface area contributed by atoms with Gasteiger partial charge >= 0.3 is 0 Å². The van der Waals surface area contributed by atoms with Gasteiger partial charge in [-0.2, -0.15) is 0 Å². The molecule has 0 N–H and O–H groups in total. The molecule has 3 aromatic carbocycles. The Labute approximate surface area is 148 Å². The maximum absolute atomic E-state index is 5.45. The van der Waals surface area contributed by atoms with E-state index in [4.69, 9.17) is 14.5 Å². The molecule has 3 nitrogen and oxygen atoms in total. The molecule has 0 amide bonds. The Bertz CT molecular complexity index is 1000. The molecule has 0 atom stereocenters. The predicted octanol–water partition coefficient (Wildman–Crippen LogP) is 5.18. The molecule has 4 heteroatoms. The van der Waals surface area contributed by atoms with Crippen LogP contribution in [0.15, 0.2) is 51.9 Å². The predicted molar refractivity (Wildman–Crippen MR) is 98.9 cm³/mol. The van der Waals surface area contributed by atoms with Gasteiger partial charge in [0, 0.05) is 21.6 Å². The molecule has 2 aliphatic rings. The van der Waals surface area contributed by atoms with Crippen molar-refractivity contribution in [2.45, 2.75) is 12.8 Å². The Morgan fingerprint density at radius 1 is 0.958 bits per heavy atom. The summed E-state index contributed by atoms with van der Waals surface area (Å²) in [5, 5.41) is 2.62. The average Bonchev–Trinajstić information content (AvgIpc) is 3.22. The number of fused-ring (bicyclic) bond motifs is 1. The van der Waals surface area contributed by atoms with E-state index in [0.29, 0.717) is 0 Å². The van der Waals surface area contributed by atoms with Gasteiger partial charge in [0.25, 0.3) is 0 Å². The zero-order valence-electron chi connectivity index (χ0n) is 12.9. The van der Waals surface area contributed by atoms with E-state index in [1.54, 1.807) is 0 Å². The molecule has 0 saturated carbocycles. The van der Waals surface area contributed by atoms with Gasteiger partial charge in [0.05, 0.1) is 5.69 Å². The Morgan fingerprint density at radius 2 is 1.75 bits per heavy atom. The van der Waals surface area contributed by atoms with Gasteiger partial charge in [0.2, 0.25) is 6.79 Å². The first kappa shape index (κ1) is 14.1. The van der Waals surface area contributed by atoms with Crippen molar-refractivity contribution < 1.29 is 9.47 Å². The van der Waals surface area contributed by atoms with Gasteiger partial charge in [0.1, 0.15) is 0 Å². The van der Waals surface area contributed by atoms with E-state index in [0.717, 1.165) is 40.1 Å². The molecule has 5 rings (SSSR count). The third-order valence-electron chi connectivity index (χ3n) is 4.69. The number of ether oxygens (including phenoxy) is 2. The van der Waals surface area contributed by atoms with Gasteiger partial charge in [-0.25, -0.2) is 0 Å². The van der Waals surface area contributed by atoms with Crippen LogP contribution in [-0.4, -0.2) is 13.0 Å². The summed E-state index contributed by atoms with van der Waals surface area (Å²) in [6.45, 7) is 0.275. The first-order valence-electron chi connectivity index (χ1n) is 7.96. The van der Waals surface area contributed by atoms with E-state index in [2.05, 4.69) is 46.3 Å². The summed E-state index contributed by atoms with van der Waals surface area (Å²) in [4.78, 5) is 4.75. The summed E-state index contributed by atoms with van der Waals surface area (Å²) in [5.41, 5.74) is 4.84. The van der Waals surface area contributed by atoms with Crippen molar-refractivity contribution in [3.05, 3.63) is 63.6 Å². The van der Waals surface area contributed by atoms with Crippen LogP contribution in [0, 0.1) is 0 Å². The summed E-state index contributed by atoms with van der Waals surface area (Å²) < 4.78 is 11.8. The number of aliphatic imine (C=N–C) groups is 1. The molecule has 24 heavy (non-hydrogen) atoms. The fourth-order valence-electron chi connectivity index (χ4n) is 3.51. The van der Waals surface area contributed by atoms with Crippen LogP contribution >= 0.6 is 15.9 Å². The lowest BCUT2D eigenvalue weighted by Gasteiger charge is -2.06. The summed E-state index contributed by atoms with van der Waals surface area (Å²) >= 11 is 3.58. The van der Waals surface area contributed by atoms with E-state index in [-0.39, 0.29) is 6.79 Å². The lowest BCUT2D eigenvalue weighted by atomic mass is 10.0. The summed E-state index contributed by atoms with van der Waals surface area (Å²) in [6.07, 6.45) is 4.14. The minimum absolute atomic E-state index is 0.275. The molecule has 0 saturated heterocycles. The number of hydrogen-bond donors (Lipinski definition) is 0. The van der Waals surface area contributed by atoms with Crippen LogP contribution in [-0.2, 0) is 12.8 Å². The van der Waals surface area contributed by atoms with Crippen LogP contribution in [0.5, 0.6) is 11.5 Å². The standard InChI is InChI=1S/C20H14BrNO2/c21-16-9-19-18(23-11-24-19)8-14(16)10-22-17-7-6-13-5-4-12-2-1-3-15(17)20(12)13/h1-3,6-10H,4-5,11H2. The van der Waals surface area contributed by atoms with Crippen molar-refractivity contribution in [2.75, 3.05) is 6.79 Å². The van der Waals surface area contributed by atoms with Gasteiger partial charge < -0.3 is 9.47 Å². The molecule has 3 aromatic rings. The van der Waals surface area contributed by atoms with E-state index in [9.17, 15) is 0 Å². The maximum Gasteiger partial charge on any atom is 0.231 e. The quantitative estimate of drug-likeness (QED) is 0.574. The molecule has 1 aliphatic heterocycles. The van der Waals surface area contributed by atoms with Gasteiger partial charge in [-0.3, -0.25) is 4.99 Å². The first-order chi connectivity index (χ1) is 11.8. The van der Waals surface area contributed by atoms with Gasteiger partial charge in [-0.15, -0.1) is 0 Å². The topological polar surface area (TPSA) is 30.8 Å². The van der Waals surface area contributed by atoms with Crippen LogP contribution < -0.4 is 9.47 Å². The Morgan fingerprint density at radius 3 is 2.62 bits per heavy atom. The number of benzene rings is 3. The zero-order chi connectivity index (χ0) is 16.1. The lowest BCUT2D eigenvalue weighted by molar-refractivity contribution is 0.174. The van der Waals surface area contributed by atoms with Gasteiger partial charge in [-0.1, -0.05) is 24.3 Å². The molecule has 1 aliphatic carbocycles. The molecule has 0 radical (unpaired) electrons. The molecular weight excluding hydrogens is 366 g/mol. The first-order valence-corrected chi connectivity index (χ1v) is 8.75. The molecule has 0 bridgehead atoms. The van der Waals surface area contributed by atoms with Crippen molar-refractivity contribution in [1.82, 2.24) is 0 Å². The third kappa shape index (κ3) is 2.13. The van der Waals surface area contributed by atoms with Crippen molar-refractivity contribution in [1.29, 1.82) is 0 Å². The summed E-state index contributed by atoms with van der Waals surface area (Å²) in [7, 11) is 0. The smallest absolute Gasteiger partial charge is 0.231 e. The number of halogens is 1. The van der Waals surface area contributed by atoms with Crippen molar-refractivity contribution >= 4 is 38.6 Å². The molecule has 0 spiro atoms. The molecule has 1 heterocycles. The summed E-state index contributed by atoms with van der Waals surface area (Å²) in [5.74, 6) is 1.53. The Kier molecular flexibility index (Phi) is 3.13. The largest absolute Gasteiger partial charge is 0.454 e. The minimum Gasteiger partial charge on any atom is -0.454 e. The molecular formula is C20H14BrNO2. The Balaban J connectivity index is 1.60. The highest BCUT2D eigenvalue weighted by Crippen LogP contribution is 2.38. The van der Waals surface area contributed by atoms with Crippen LogP contribution in [0.4, 0.5) is 5.69 Å². The fourth-order valence-corrected chi connectivity index (χ4v) is 3.94. The zero-order valence-corrected chi connectivity index (χ0v) is 14.5. The SMILES string of the molecule is Brc1cc2c(cc1C=Nc1ccc3c4c(cccc14)CC3)OCO2. The van der Waals surface area contributed by atoms with E-state index in [1.165, 1.54) is 21.9 Å². The maximum atomic E-state index is 5.45. The highest BCUT2D eigenvalue weighted by molar-refractivity contribution is 9.10. The molecule has 118 valence electrons. The van der Waals surface area contributed by atoms with Gasteiger partial charge in [0.15, 0.2) is 11.5 Å².